The Balaban J connectivity index is 1.89. The van der Waals surface area contributed by atoms with E-state index >= 15 is 0 Å². The molecule has 122 valence electrons. The van der Waals surface area contributed by atoms with Gasteiger partial charge in [0, 0.05) is 24.5 Å². The molecule has 1 heterocycles. The van der Waals surface area contributed by atoms with E-state index in [1.807, 2.05) is 0 Å². The molecule has 22 heavy (non-hydrogen) atoms. The lowest BCUT2D eigenvalue weighted by atomic mass is 10.2. The maximum Gasteiger partial charge on any atom is 0.225 e. The molecule has 2 rings (SSSR count). The van der Waals surface area contributed by atoms with Gasteiger partial charge in [-0.2, -0.15) is 0 Å². The van der Waals surface area contributed by atoms with Gasteiger partial charge in [0.2, 0.25) is 15.9 Å². The van der Waals surface area contributed by atoms with Crippen LogP contribution in [0.25, 0.3) is 0 Å². The van der Waals surface area contributed by atoms with Gasteiger partial charge in [-0.1, -0.05) is 29.6 Å². The van der Waals surface area contributed by atoms with Gasteiger partial charge in [-0.15, -0.1) is 0 Å². The van der Waals surface area contributed by atoms with Crippen LogP contribution in [0.2, 0.25) is 10.0 Å². The van der Waals surface area contributed by atoms with E-state index in [1.54, 1.807) is 12.1 Å². The standard InChI is InChI=1S/C14H18Cl2N2O3S/c15-11-4-5-13(12(16)10-11)17-14(19)6-9-22(20,21)18-7-2-1-3-8-18/h4-5,10H,1-3,6-9H2,(H,17,19). The Bertz CT molecular complexity index is 643. The molecule has 0 unspecified atom stereocenters. The number of sulfonamides is 1. The molecule has 0 spiro atoms. The summed E-state index contributed by atoms with van der Waals surface area (Å²) in [6.07, 6.45) is 2.72. The Morgan fingerprint density at radius 2 is 1.86 bits per heavy atom. The van der Waals surface area contributed by atoms with Crippen molar-refractivity contribution in [1.82, 2.24) is 4.31 Å². The SMILES string of the molecule is O=C(CCS(=O)(=O)N1CCCCC1)Nc1ccc(Cl)cc1Cl. The molecule has 1 amide bonds. The van der Waals surface area contributed by atoms with Crippen molar-refractivity contribution in [3.8, 4) is 0 Å². The minimum Gasteiger partial charge on any atom is -0.325 e. The first-order valence-corrected chi connectivity index (χ1v) is 9.48. The highest BCUT2D eigenvalue weighted by Crippen LogP contribution is 2.25. The van der Waals surface area contributed by atoms with E-state index in [1.165, 1.54) is 10.4 Å². The number of rotatable bonds is 5. The lowest BCUT2D eigenvalue weighted by molar-refractivity contribution is -0.115. The lowest BCUT2D eigenvalue weighted by Crippen LogP contribution is -2.37. The van der Waals surface area contributed by atoms with Crippen molar-refractivity contribution >= 4 is 44.8 Å². The first-order valence-electron chi connectivity index (χ1n) is 7.11. The second kappa shape index (κ2) is 7.64. The van der Waals surface area contributed by atoms with Crippen molar-refractivity contribution in [1.29, 1.82) is 0 Å². The number of halogens is 2. The summed E-state index contributed by atoms with van der Waals surface area (Å²) in [5.41, 5.74) is 0.423. The van der Waals surface area contributed by atoms with E-state index in [9.17, 15) is 13.2 Å². The van der Waals surface area contributed by atoms with Crippen LogP contribution in [0.15, 0.2) is 18.2 Å². The zero-order valence-electron chi connectivity index (χ0n) is 12.0. The fourth-order valence-electron chi connectivity index (χ4n) is 2.30. The highest BCUT2D eigenvalue weighted by atomic mass is 35.5. The van der Waals surface area contributed by atoms with Crippen LogP contribution in [0.3, 0.4) is 0 Å². The number of hydrogen-bond donors (Lipinski definition) is 1. The van der Waals surface area contributed by atoms with E-state index in [4.69, 9.17) is 23.2 Å². The average Bonchev–Trinajstić information content (AvgIpc) is 2.49. The summed E-state index contributed by atoms with van der Waals surface area (Å²) in [5, 5.41) is 3.39. The number of nitrogens with one attached hydrogen (secondary N) is 1. The summed E-state index contributed by atoms with van der Waals surface area (Å²) in [5.74, 6) is -0.575. The Hall–Kier alpha value is -0.820. The van der Waals surface area contributed by atoms with Gasteiger partial charge in [-0.3, -0.25) is 4.79 Å². The molecule has 0 aliphatic carbocycles. The van der Waals surface area contributed by atoms with Gasteiger partial charge in [0.1, 0.15) is 0 Å². The number of carbonyl (C=O) groups is 1. The van der Waals surface area contributed by atoms with E-state index in [0.717, 1.165) is 19.3 Å². The van der Waals surface area contributed by atoms with Gasteiger partial charge in [0.25, 0.3) is 0 Å². The van der Waals surface area contributed by atoms with Crippen molar-refractivity contribution in [2.45, 2.75) is 25.7 Å². The predicted octanol–water partition coefficient (Wildman–Crippen LogP) is 3.14. The fourth-order valence-corrected chi connectivity index (χ4v) is 4.27. The molecule has 0 radical (unpaired) electrons. The van der Waals surface area contributed by atoms with Crippen molar-refractivity contribution in [2.75, 3.05) is 24.2 Å². The van der Waals surface area contributed by atoms with Gasteiger partial charge < -0.3 is 5.32 Å². The monoisotopic (exact) mass is 364 g/mol. The summed E-state index contributed by atoms with van der Waals surface area (Å²) < 4.78 is 25.8. The lowest BCUT2D eigenvalue weighted by Gasteiger charge is -2.25. The molecule has 1 aromatic rings. The molecular formula is C14H18Cl2N2O3S. The number of amides is 1. The Morgan fingerprint density at radius 3 is 2.50 bits per heavy atom. The first-order chi connectivity index (χ1) is 10.4. The van der Waals surface area contributed by atoms with Gasteiger partial charge >= 0.3 is 0 Å². The number of nitrogens with zero attached hydrogens (tertiary/aromatic N) is 1. The molecule has 1 aromatic carbocycles. The molecule has 1 fully saturated rings. The number of anilines is 1. The molecule has 0 bridgehead atoms. The van der Waals surface area contributed by atoms with E-state index in [0.29, 0.717) is 28.8 Å². The number of carbonyl (C=O) groups excluding carboxylic acids is 1. The first kappa shape index (κ1) is 17.5. The maximum absolute atomic E-state index is 12.2. The quantitative estimate of drug-likeness (QED) is 0.872. The summed E-state index contributed by atoms with van der Waals surface area (Å²) in [6.45, 7) is 1.10. The summed E-state index contributed by atoms with van der Waals surface area (Å²) >= 11 is 11.7. The van der Waals surface area contributed by atoms with Gasteiger partial charge in [0.05, 0.1) is 16.5 Å². The van der Waals surface area contributed by atoms with E-state index in [-0.39, 0.29) is 18.1 Å². The van der Waals surface area contributed by atoms with Crippen LogP contribution in [-0.2, 0) is 14.8 Å². The Morgan fingerprint density at radius 1 is 1.18 bits per heavy atom. The second-order valence-corrected chi connectivity index (χ2v) is 8.13. The van der Waals surface area contributed by atoms with Crippen molar-refractivity contribution in [2.24, 2.45) is 0 Å². The van der Waals surface area contributed by atoms with Crippen LogP contribution in [0.1, 0.15) is 25.7 Å². The van der Waals surface area contributed by atoms with Crippen LogP contribution in [0, 0.1) is 0 Å². The Kier molecular flexibility index (Phi) is 6.09. The zero-order chi connectivity index (χ0) is 16.2. The number of hydrogen-bond acceptors (Lipinski definition) is 3. The third kappa shape index (κ3) is 4.84. The maximum atomic E-state index is 12.2. The van der Waals surface area contributed by atoms with Crippen LogP contribution in [-0.4, -0.2) is 37.5 Å². The highest BCUT2D eigenvalue weighted by Gasteiger charge is 2.24. The Labute approximate surface area is 140 Å². The third-order valence-electron chi connectivity index (χ3n) is 3.50. The smallest absolute Gasteiger partial charge is 0.225 e. The third-order valence-corrected chi connectivity index (χ3v) is 5.92. The van der Waals surface area contributed by atoms with Crippen molar-refractivity contribution in [3.63, 3.8) is 0 Å². The van der Waals surface area contributed by atoms with Gasteiger partial charge in [0.15, 0.2) is 0 Å². The summed E-state index contributed by atoms with van der Waals surface area (Å²) in [7, 11) is -3.37. The summed E-state index contributed by atoms with van der Waals surface area (Å²) in [4.78, 5) is 11.9. The number of piperidine rings is 1. The molecule has 5 nitrogen and oxygen atoms in total. The zero-order valence-corrected chi connectivity index (χ0v) is 14.3. The second-order valence-electron chi connectivity index (χ2n) is 5.20. The molecule has 1 aliphatic rings. The van der Waals surface area contributed by atoms with E-state index < -0.39 is 10.0 Å². The minimum absolute atomic E-state index is 0.0994. The van der Waals surface area contributed by atoms with Gasteiger partial charge in [-0.25, -0.2) is 12.7 Å². The van der Waals surface area contributed by atoms with Crippen LogP contribution in [0.4, 0.5) is 5.69 Å². The normalized spacial score (nSPS) is 16.5. The number of benzene rings is 1. The highest BCUT2D eigenvalue weighted by molar-refractivity contribution is 7.89. The predicted molar refractivity (Wildman–Crippen MR) is 88.9 cm³/mol. The fraction of sp³-hybridized carbons (Fsp3) is 0.500. The van der Waals surface area contributed by atoms with Crippen molar-refractivity contribution in [3.05, 3.63) is 28.2 Å². The van der Waals surface area contributed by atoms with Crippen molar-refractivity contribution < 1.29 is 13.2 Å². The van der Waals surface area contributed by atoms with E-state index in [2.05, 4.69) is 5.32 Å². The molecular weight excluding hydrogens is 347 g/mol. The van der Waals surface area contributed by atoms with Crippen LogP contribution in [0.5, 0.6) is 0 Å². The topological polar surface area (TPSA) is 66.5 Å². The minimum atomic E-state index is -3.37. The molecule has 8 heteroatoms. The molecule has 0 aromatic heterocycles. The average molecular weight is 365 g/mol. The molecule has 0 atom stereocenters. The molecule has 1 N–H and O–H groups in total. The molecule has 1 saturated heterocycles. The van der Waals surface area contributed by atoms with Crippen LogP contribution >= 0.6 is 23.2 Å². The largest absolute Gasteiger partial charge is 0.325 e. The van der Waals surface area contributed by atoms with Crippen LogP contribution < -0.4 is 5.32 Å². The molecule has 0 saturated carbocycles. The summed E-state index contributed by atoms with van der Waals surface area (Å²) in [6, 6.07) is 4.71. The molecule has 1 aliphatic heterocycles. The van der Waals surface area contributed by atoms with Gasteiger partial charge in [-0.05, 0) is 31.0 Å².